The van der Waals surface area contributed by atoms with Crippen molar-refractivity contribution < 1.29 is 9.63 Å². The third-order valence-electron chi connectivity index (χ3n) is 3.08. The van der Waals surface area contributed by atoms with Crippen LogP contribution < -0.4 is 0 Å². The number of pyridine rings is 1. The molecule has 1 aromatic carbocycles. The Bertz CT molecular complexity index is 686. The number of hydrogen-bond acceptors (Lipinski definition) is 4. The van der Waals surface area contributed by atoms with E-state index < -0.39 is 0 Å². The molecule has 0 saturated heterocycles. The Morgan fingerprint density at radius 3 is 2.95 bits per heavy atom. The van der Waals surface area contributed by atoms with Gasteiger partial charge in [0.25, 0.3) is 0 Å². The molecule has 0 aliphatic rings. The van der Waals surface area contributed by atoms with Crippen molar-refractivity contribution in [2.75, 3.05) is 6.61 Å². The Balaban J connectivity index is 2.02. The van der Waals surface area contributed by atoms with Crippen molar-refractivity contribution >= 4 is 10.8 Å². The van der Waals surface area contributed by atoms with Crippen LogP contribution in [0.25, 0.3) is 22.0 Å². The van der Waals surface area contributed by atoms with Crippen molar-refractivity contribution in [1.29, 1.82) is 0 Å². The van der Waals surface area contributed by atoms with Gasteiger partial charge in [0.05, 0.1) is 0 Å². The number of fused-ring (bicyclic) bond motifs is 1. The molecule has 3 rings (SSSR count). The number of benzene rings is 1. The summed E-state index contributed by atoms with van der Waals surface area (Å²) in [7, 11) is 0. The molecule has 4 nitrogen and oxygen atoms in total. The van der Waals surface area contributed by atoms with Gasteiger partial charge in [0.1, 0.15) is 11.5 Å². The van der Waals surface area contributed by atoms with E-state index >= 15 is 0 Å². The van der Waals surface area contributed by atoms with Crippen molar-refractivity contribution in [3.63, 3.8) is 0 Å². The maximum Gasteiger partial charge on any atom is 0.137 e. The maximum absolute atomic E-state index is 8.82. The number of hydrogen-bond donors (Lipinski definition) is 1. The minimum Gasteiger partial charge on any atom is -0.396 e. The zero-order valence-electron chi connectivity index (χ0n) is 10.4. The van der Waals surface area contributed by atoms with Gasteiger partial charge in [-0.15, -0.1) is 0 Å². The largest absolute Gasteiger partial charge is 0.396 e. The molecule has 0 aliphatic carbocycles. The summed E-state index contributed by atoms with van der Waals surface area (Å²) in [6.07, 6.45) is 5.02. The van der Waals surface area contributed by atoms with E-state index in [2.05, 4.69) is 16.2 Å². The third kappa shape index (κ3) is 2.35. The molecule has 3 aromatic rings. The lowest BCUT2D eigenvalue weighted by Gasteiger charge is -2.01. The summed E-state index contributed by atoms with van der Waals surface area (Å²) in [5.41, 5.74) is 1.76. The molecule has 2 aromatic heterocycles. The highest BCUT2D eigenvalue weighted by Gasteiger charge is 2.09. The number of rotatable bonds is 4. The van der Waals surface area contributed by atoms with Crippen LogP contribution in [-0.2, 0) is 6.42 Å². The molecule has 0 unspecified atom stereocenters. The molecule has 96 valence electrons. The summed E-state index contributed by atoms with van der Waals surface area (Å²) in [5.74, 6) is 0.789. The quantitative estimate of drug-likeness (QED) is 0.777. The second-order valence-corrected chi connectivity index (χ2v) is 4.41. The number of aliphatic hydroxyl groups is 1. The molecule has 0 saturated carbocycles. The van der Waals surface area contributed by atoms with Crippen LogP contribution in [0.5, 0.6) is 0 Å². The standard InChI is InChI=1S/C15H14N2O2/c18-7-3-5-12-8-15(17-19-12)14-10-16-9-11-4-1-2-6-13(11)14/h1-2,4,6,8-10,18H,3,5,7H2. The smallest absolute Gasteiger partial charge is 0.137 e. The molecule has 19 heavy (non-hydrogen) atoms. The van der Waals surface area contributed by atoms with E-state index in [0.717, 1.165) is 27.8 Å². The molecule has 2 heterocycles. The molecule has 0 fully saturated rings. The topological polar surface area (TPSA) is 59.2 Å². The first kappa shape index (κ1) is 11.9. The lowest BCUT2D eigenvalue weighted by atomic mass is 10.1. The summed E-state index contributed by atoms with van der Waals surface area (Å²) < 4.78 is 5.28. The molecule has 0 spiro atoms. The van der Waals surface area contributed by atoms with E-state index in [-0.39, 0.29) is 6.61 Å². The monoisotopic (exact) mass is 254 g/mol. The van der Waals surface area contributed by atoms with Gasteiger partial charge in [-0.25, -0.2) is 0 Å². The van der Waals surface area contributed by atoms with Crippen LogP contribution in [0.4, 0.5) is 0 Å². The van der Waals surface area contributed by atoms with Gasteiger partial charge >= 0.3 is 0 Å². The summed E-state index contributed by atoms with van der Waals surface area (Å²) in [6, 6.07) is 9.98. The van der Waals surface area contributed by atoms with Gasteiger partial charge in [-0.1, -0.05) is 29.4 Å². The highest BCUT2D eigenvalue weighted by molar-refractivity contribution is 5.94. The fraction of sp³-hybridized carbons (Fsp3) is 0.200. The molecule has 0 atom stereocenters. The van der Waals surface area contributed by atoms with Crippen molar-refractivity contribution in [3.8, 4) is 11.3 Å². The minimum absolute atomic E-state index is 0.159. The second kappa shape index (κ2) is 5.20. The summed E-state index contributed by atoms with van der Waals surface area (Å²) in [6.45, 7) is 0.159. The first-order valence-electron chi connectivity index (χ1n) is 6.28. The van der Waals surface area contributed by atoms with Crippen LogP contribution in [0, 0.1) is 0 Å². The summed E-state index contributed by atoms with van der Waals surface area (Å²) in [5, 5.41) is 15.1. The Labute approximate surface area is 110 Å². The van der Waals surface area contributed by atoms with Crippen molar-refractivity contribution in [2.24, 2.45) is 0 Å². The molecule has 4 heteroatoms. The fourth-order valence-electron chi connectivity index (χ4n) is 2.13. The van der Waals surface area contributed by atoms with Crippen LogP contribution in [0.3, 0.4) is 0 Å². The van der Waals surface area contributed by atoms with Gasteiger partial charge in [0.2, 0.25) is 0 Å². The normalized spacial score (nSPS) is 11.0. The Morgan fingerprint density at radius 2 is 2.05 bits per heavy atom. The van der Waals surface area contributed by atoms with Gasteiger partial charge < -0.3 is 9.63 Å². The summed E-state index contributed by atoms with van der Waals surface area (Å²) in [4.78, 5) is 4.24. The average Bonchev–Trinajstić information content (AvgIpc) is 2.93. The second-order valence-electron chi connectivity index (χ2n) is 4.41. The SMILES string of the molecule is OCCCc1cc(-c2cncc3ccccc23)no1. The molecule has 0 aliphatic heterocycles. The van der Waals surface area contributed by atoms with E-state index in [0.29, 0.717) is 12.8 Å². The van der Waals surface area contributed by atoms with Crippen LogP contribution in [0.15, 0.2) is 47.2 Å². The maximum atomic E-state index is 8.82. The number of aryl methyl sites for hydroxylation is 1. The molecular formula is C15H14N2O2. The third-order valence-corrected chi connectivity index (χ3v) is 3.08. The zero-order chi connectivity index (χ0) is 13.1. The van der Waals surface area contributed by atoms with Crippen LogP contribution in [-0.4, -0.2) is 21.9 Å². The Kier molecular flexibility index (Phi) is 3.25. The predicted octanol–water partition coefficient (Wildman–Crippen LogP) is 2.81. The van der Waals surface area contributed by atoms with E-state index in [1.54, 1.807) is 6.20 Å². The lowest BCUT2D eigenvalue weighted by molar-refractivity contribution is 0.280. The molecule has 0 amide bonds. The first-order valence-corrected chi connectivity index (χ1v) is 6.28. The van der Waals surface area contributed by atoms with E-state index in [9.17, 15) is 0 Å². The van der Waals surface area contributed by atoms with E-state index in [1.807, 2.05) is 30.5 Å². The minimum atomic E-state index is 0.159. The Hall–Kier alpha value is -2.20. The van der Waals surface area contributed by atoms with Gasteiger partial charge in [-0.05, 0) is 11.8 Å². The average molecular weight is 254 g/mol. The van der Waals surface area contributed by atoms with Gasteiger partial charge in [-0.2, -0.15) is 0 Å². The highest BCUT2D eigenvalue weighted by Crippen LogP contribution is 2.27. The number of nitrogens with zero attached hydrogens (tertiary/aromatic N) is 2. The van der Waals surface area contributed by atoms with Crippen molar-refractivity contribution in [1.82, 2.24) is 10.1 Å². The molecule has 1 N–H and O–H groups in total. The molecule has 0 bridgehead atoms. The number of aromatic nitrogens is 2. The highest BCUT2D eigenvalue weighted by atomic mass is 16.5. The van der Waals surface area contributed by atoms with Crippen LogP contribution in [0.1, 0.15) is 12.2 Å². The summed E-state index contributed by atoms with van der Waals surface area (Å²) >= 11 is 0. The zero-order valence-corrected chi connectivity index (χ0v) is 10.4. The first-order chi connectivity index (χ1) is 9.38. The van der Waals surface area contributed by atoms with Crippen molar-refractivity contribution in [2.45, 2.75) is 12.8 Å². The van der Waals surface area contributed by atoms with Gasteiger partial charge in [0, 0.05) is 42.4 Å². The van der Waals surface area contributed by atoms with E-state index in [1.165, 1.54) is 0 Å². The predicted molar refractivity (Wildman–Crippen MR) is 72.6 cm³/mol. The Morgan fingerprint density at radius 1 is 1.16 bits per heavy atom. The van der Waals surface area contributed by atoms with Gasteiger partial charge in [0.15, 0.2) is 0 Å². The lowest BCUT2D eigenvalue weighted by Crippen LogP contribution is -1.86. The van der Waals surface area contributed by atoms with Crippen molar-refractivity contribution in [3.05, 3.63) is 48.5 Å². The number of aliphatic hydroxyl groups excluding tert-OH is 1. The van der Waals surface area contributed by atoms with Crippen LogP contribution in [0.2, 0.25) is 0 Å². The van der Waals surface area contributed by atoms with Crippen LogP contribution >= 0.6 is 0 Å². The van der Waals surface area contributed by atoms with Gasteiger partial charge in [-0.3, -0.25) is 4.98 Å². The fourth-order valence-corrected chi connectivity index (χ4v) is 2.13. The van der Waals surface area contributed by atoms with E-state index in [4.69, 9.17) is 9.63 Å². The molecule has 0 radical (unpaired) electrons. The molecular weight excluding hydrogens is 240 g/mol.